The topological polar surface area (TPSA) is 180 Å². The van der Waals surface area contributed by atoms with E-state index in [0.717, 1.165) is 107 Å². The Morgan fingerprint density at radius 1 is 0.896 bits per heavy atom. The molecule has 0 bridgehead atoms. The average molecular weight is 916 g/mol. The van der Waals surface area contributed by atoms with Gasteiger partial charge in [-0.3, -0.25) is 25.0 Å². The summed E-state index contributed by atoms with van der Waals surface area (Å²) in [6.07, 6.45) is 14.1. The zero-order valence-electron chi connectivity index (χ0n) is 38.0. The van der Waals surface area contributed by atoms with Gasteiger partial charge in [0.05, 0.1) is 30.0 Å². The lowest BCUT2D eigenvalue weighted by atomic mass is 9.61. The molecule has 17 heteroatoms. The number of amides is 4. The number of hydrogen-bond donors (Lipinski definition) is 3. The molecule has 1 atom stereocenters. The van der Waals surface area contributed by atoms with Crippen molar-refractivity contribution in [3.8, 4) is 17.0 Å². The first-order valence-corrected chi connectivity index (χ1v) is 24.2. The average Bonchev–Trinajstić information content (AvgIpc) is 3.64. The third kappa shape index (κ3) is 8.87. The second-order valence-corrected chi connectivity index (χ2v) is 19.9. The van der Waals surface area contributed by atoms with Crippen molar-refractivity contribution in [2.75, 3.05) is 61.4 Å². The molecule has 16 nitrogen and oxygen atoms in total. The molecule has 5 fully saturated rings. The Labute approximate surface area is 388 Å². The van der Waals surface area contributed by atoms with Crippen LogP contribution in [0.5, 0.6) is 5.88 Å². The number of halogens is 1. The maximum atomic E-state index is 15.4. The number of carbonyl (C=O) groups is 4. The molecule has 2 saturated carbocycles. The number of ether oxygens (including phenoxy) is 3. The highest BCUT2D eigenvalue weighted by atomic mass is 19.1. The molecular weight excluding hydrogens is 858 g/mol. The summed E-state index contributed by atoms with van der Waals surface area (Å²) in [5.74, 6) is 1.12. The van der Waals surface area contributed by atoms with E-state index in [9.17, 15) is 19.2 Å². The number of nitrogens with zero attached hydrogens (tertiary/aromatic N) is 6. The summed E-state index contributed by atoms with van der Waals surface area (Å²) >= 11 is 0. The van der Waals surface area contributed by atoms with Crippen LogP contribution in [0.15, 0.2) is 42.7 Å². The number of hydrogen-bond acceptors (Lipinski definition) is 13. The summed E-state index contributed by atoms with van der Waals surface area (Å²) in [5, 5.41) is 9.84. The molecular formula is C50H58FN9O7. The van der Waals surface area contributed by atoms with E-state index in [-0.39, 0.29) is 48.2 Å². The van der Waals surface area contributed by atoms with Crippen LogP contribution < -0.4 is 25.6 Å². The van der Waals surface area contributed by atoms with E-state index >= 15 is 4.39 Å². The van der Waals surface area contributed by atoms with Crippen molar-refractivity contribution in [3.63, 3.8) is 0 Å². The summed E-state index contributed by atoms with van der Waals surface area (Å²) < 4.78 is 33.6. The van der Waals surface area contributed by atoms with Gasteiger partial charge < -0.3 is 34.2 Å². The summed E-state index contributed by atoms with van der Waals surface area (Å²) in [6.45, 7) is 8.37. The molecule has 0 radical (unpaired) electrons. The minimum Gasteiger partial charge on any atom is -0.474 e. The van der Waals surface area contributed by atoms with Crippen LogP contribution in [0.2, 0.25) is 0 Å². The maximum Gasteiger partial charge on any atom is 0.413 e. The van der Waals surface area contributed by atoms with Crippen LogP contribution in [0.1, 0.15) is 98.7 Å². The highest BCUT2D eigenvalue weighted by molar-refractivity contribution is 6.05. The number of fused-ring (bicyclic) bond motifs is 3. The summed E-state index contributed by atoms with van der Waals surface area (Å²) in [4.78, 5) is 70.3. The largest absolute Gasteiger partial charge is 0.474 e. The molecule has 8 heterocycles. The Morgan fingerprint density at radius 2 is 1.69 bits per heavy atom. The summed E-state index contributed by atoms with van der Waals surface area (Å²) in [6, 6.07) is 8.07. The Morgan fingerprint density at radius 3 is 2.48 bits per heavy atom. The van der Waals surface area contributed by atoms with Gasteiger partial charge in [-0.25, -0.2) is 24.1 Å². The number of imide groups is 1. The molecule has 7 aliphatic rings. The van der Waals surface area contributed by atoms with Gasteiger partial charge in [0.15, 0.2) is 0 Å². The number of likely N-dealkylation sites (tertiary alicyclic amines) is 1. The number of carbonyl (C=O) groups excluding carboxylic acids is 4. The van der Waals surface area contributed by atoms with E-state index in [2.05, 4.69) is 35.7 Å². The molecule has 1 unspecified atom stereocenters. The minimum absolute atomic E-state index is 0.116. The SMILES string of the molecule is Cc1c(-c2cc3cc(NC(=O)OC4CC5(CCN(CC6CCC(OC7CCN(c8ccc9c(n8)CN(C8CCC(=O)NC8=O)C9=O)CC7)CC6)CC5)C4)ncc3cc2F)cnc2c1NCCO2. The first-order chi connectivity index (χ1) is 32.5. The number of rotatable bonds is 9. The van der Waals surface area contributed by atoms with Crippen molar-refractivity contribution >= 4 is 51.9 Å². The molecule has 4 amide bonds. The van der Waals surface area contributed by atoms with Gasteiger partial charge >= 0.3 is 6.09 Å². The number of benzene rings is 1. The fraction of sp³-hybridized carbons (Fsp3) is 0.540. The zero-order valence-corrected chi connectivity index (χ0v) is 38.0. The number of piperidine rings is 3. The van der Waals surface area contributed by atoms with Crippen LogP contribution in [0.3, 0.4) is 0 Å². The highest BCUT2D eigenvalue weighted by Gasteiger charge is 2.48. The van der Waals surface area contributed by atoms with E-state index in [0.29, 0.717) is 71.1 Å². The van der Waals surface area contributed by atoms with Crippen molar-refractivity contribution < 1.29 is 37.8 Å². The van der Waals surface area contributed by atoms with Crippen LogP contribution in [0.4, 0.5) is 26.5 Å². The summed E-state index contributed by atoms with van der Waals surface area (Å²) in [7, 11) is 0. The standard InChI is InChI=1S/C50H58FN9O7/c1-29-38(26-54-47-45(29)52-14-19-65-47)37-20-31-22-42(53-25-32(31)21-39(37)51)56-49(64)67-35-23-50(24-35)12-17-58(18-13-50)27-30-2-4-33(5-3-30)66-34-10-15-59(16-11-34)43-8-6-36-40(55-43)28-60(48(36)63)41-7-9-44(61)57-46(41)62/h6,8,20-22,25-26,30,33-35,41,52H,2-5,7,9-19,23-24,27-28H2,1H3,(H,53,56,64)(H,57,61,62). The van der Waals surface area contributed by atoms with E-state index in [4.69, 9.17) is 19.2 Å². The second kappa shape index (κ2) is 17.9. The molecule has 5 aliphatic heterocycles. The van der Waals surface area contributed by atoms with Gasteiger partial charge in [-0.1, -0.05) is 0 Å². The van der Waals surface area contributed by atoms with Crippen molar-refractivity contribution in [1.29, 1.82) is 0 Å². The second-order valence-electron chi connectivity index (χ2n) is 19.9. The lowest BCUT2D eigenvalue weighted by molar-refractivity contribution is -0.136. The number of nitrogens with one attached hydrogen (secondary N) is 3. The fourth-order valence-electron chi connectivity index (χ4n) is 11.7. The minimum atomic E-state index is -0.643. The Hall–Kier alpha value is -5.94. The van der Waals surface area contributed by atoms with Crippen LogP contribution in [-0.2, 0) is 25.6 Å². The molecule has 3 aromatic heterocycles. The number of pyridine rings is 3. The van der Waals surface area contributed by atoms with Crippen molar-refractivity contribution in [3.05, 3.63) is 65.4 Å². The predicted octanol–water partition coefficient (Wildman–Crippen LogP) is 6.74. The summed E-state index contributed by atoms with van der Waals surface area (Å²) in [5.41, 5.74) is 4.18. The van der Waals surface area contributed by atoms with Gasteiger partial charge in [0.25, 0.3) is 5.91 Å². The Balaban J connectivity index is 0.587. The van der Waals surface area contributed by atoms with Gasteiger partial charge in [-0.15, -0.1) is 0 Å². The third-order valence-electron chi connectivity index (χ3n) is 15.6. The Bertz CT molecular complexity index is 2600. The number of aromatic nitrogens is 3. The predicted molar refractivity (Wildman–Crippen MR) is 247 cm³/mol. The van der Waals surface area contributed by atoms with Gasteiger partial charge in [0.1, 0.15) is 41.9 Å². The molecule has 3 N–H and O–H groups in total. The number of anilines is 3. The third-order valence-corrected chi connectivity index (χ3v) is 15.6. The Kier molecular flexibility index (Phi) is 11.7. The molecule has 1 aromatic carbocycles. The van der Waals surface area contributed by atoms with Crippen LogP contribution >= 0.6 is 0 Å². The molecule has 1 spiro atoms. The first-order valence-electron chi connectivity index (χ1n) is 24.2. The maximum absolute atomic E-state index is 15.4. The van der Waals surface area contributed by atoms with Crippen LogP contribution in [-0.4, -0.2) is 119 Å². The van der Waals surface area contributed by atoms with Crippen LogP contribution in [0, 0.1) is 24.1 Å². The quantitative estimate of drug-likeness (QED) is 0.150. The molecule has 352 valence electrons. The van der Waals surface area contributed by atoms with Crippen molar-refractivity contribution in [2.24, 2.45) is 11.3 Å². The fourth-order valence-corrected chi connectivity index (χ4v) is 11.7. The normalized spacial score (nSPS) is 24.4. The molecule has 67 heavy (non-hydrogen) atoms. The van der Waals surface area contributed by atoms with Crippen LogP contribution in [0.25, 0.3) is 21.9 Å². The molecule has 4 aromatic rings. The van der Waals surface area contributed by atoms with E-state index in [1.165, 1.54) is 18.9 Å². The van der Waals surface area contributed by atoms with Crippen molar-refractivity contribution in [1.82, 2.24) is 30.1 Å². The molecule has 3 saturated heterocycles. The van der Waals surface area contributed by atoms with Gasteiger partial charge in [0.2, 0.25) is 17.7 Å². The van der Waals surface area contributed by atoms with E-state index < -0.39 is 18.0 Å². The lowest BCUT2D eigenvalue weighted by Crippen LogP contribution is -2.52. The van der Waals surface area contributed by atoms with E-state index in [1.54, 1.807) is 29.4 Å². The van der Waals surface area contributed by atoms with E-state index in [1.807, 2.05) is 19.1 Å². The first kappa shape index (κ1) is 43.6. The molecule has 2 aliphatic carbocycles. The zero-order chi connectivity index (χ0) is 45.8. The van der Waals surface area contributed by atoms with Gasteiger partial charge in [-0.2, -0.15) is 0 Å². The van der Waals surface area contributed by atoms with Crippen molar-refractivity contribution in [2.45, 2.75) is 115 Å². The van der Waals surface area contributed by atoms with Gasteiger partial charge in [-0.05, 0) is 143 Å². The lowest BCUT2D eigenvalue weighted by Gasteiger charge is -2.51. The van der Waals surface area contributed by atoms with Gasteiger partial charge in [0, 0.05) is 61.5 Å². The highest BCUT2D eigenvalue weighted by Crippen LogP contribution is 2.51. The monoisotopic (exact) mass is 915 g/mol. The molecule has 11 rings (SSSR count). The smallest absolute Gasteiger partial charge is 0.413 e.